The highest BCUT2D eigenvalue weighted by atomic mass is 16.5. The molecular formula is C15H20N2O3. The van der Waals surface area contributed by atoms with Gasteiger partial charge < -0.3 is 14.3 Å². The van der Waals surface area contributed by atoms with E-state index in [1.807, 2.05) is 10.7 Å². The maximum absolute atomic E-state index is 11.3. The number of nitrogens with zero attached hydrogens (tertiary/aromatic N) is 2. The van der Waals surface area contributed by atoms with Crippen molar-refractivity contribution in [3.63, 3.8) is 0 Å². The van der Waals surface area contributed by atoms with Crippen molar-refractivity contribution < 1.29 is 14.3 Å². The van der Waals surface area contributed by atoms with Gasteiger partial charge in [-0.3, -0.25) is 4.68 Å². The third-order valence-electron chi connectivity index (χ3n) is 3.99. The summed E-state index contributed by atoms with van der Waals surface area (Å²) in [6, 6.07) is 1.86. The molecular weight excluding hydrogens is 256 g/mol. The molecule has 5 heteroatoms. The van der Waals surface area contributed by atoms with Gasteiger partial charge in [0.05, 0.1) is 19.6 Å². The zero-order valence-electron chi connectivity index (χ0n) is 11.9. The minimum absolute atomic E-state index is 0.634. The summed E-state index contributed by atoms with van der Waals surface area (Å²) in [6.07, 6.45) is 6.69. The normalized spacial score (nSPS) is 21.8. The number of hydrogen-bond donors (Lipinski definition) is 1. The first-order valence-electron chi connectivity index (χ1n) is 7.10. The number of furan rings is 1. The molecule has 20 heavy (non-hydrogen) atoms. The summed E-state index contributed by atoms with van der Waals surface area (Å²) >= 11 is 0. The smallest absolute Gasteiger partial charge is 0.163 e. The fourth-order valence-corrected chi connectivity index (χ4v) is 3.10. The number of aryl methyl sites for hydroxylation is 2. The van der Waals surface area contributed by atoms with Crippen LogP contribution in [0.3, 0.4) is 0 Å². The summed E-state index contributed by atoms with van der Waals surface area (Å²) in [4.78, 5) is 0. The van der Waals surface area contributed by atoms with Gasteiger partial charge >= 0.3 is 0 Å². The molecule has 0 fully saturated rings. The van der Waals surface area contributed by atoms with E-state index in [0.717, 1.165) is 42.8 Å². The molecule has 5 nitrogen and oxygen atoms in total. The van der Waals surface area contributed by atoms with Gasteiger partial charge in [-0.05, 0) is 25.3 Å². The Morgan fingerprint density at radius 3 is 3.15 bits per heavy atom. The predicted molar refractivity (Wildman–Crippen MR) is 73.7 cm³/mol. The number of methoxy groups -OCH3 is 1. The van der Waals surface area contributed by atoms with E-state index in [1.165, 1.54) is 0 Å². The lowest BCUT2D eigenvalue weighted by Gasteiger charge is -2.32. The molecule has 2 heterocycles. The van der Waals surface area contributed by atoms with Crippen molar-refractivity contribution in [3.8, 4) is 5.75 Å². The molecule has 0 aliphatic heterocycles. The molecule has 1 aliphatic rings. The van der Waals surface area contributed by atoms with E-state index < -0.39 is 5.60 Å². The molecule has 0 saturated carbocycles. The second kappa shape index (κ2) is 4.98. The van der Waals surface area contributed by atoms with Crippen molar-refractivity contribution in [1.29, 1.82) is 0 Å². The van der Waals surface area contributed by atoms with Crippen molar-refractivity contribution in [2.24, 2.45) is 0 Å². The maximum atomic E-state index is 11.3. The molecule has 0 spiro atoms. The first-order chi connectivity index (χ1) is 9.70. The highest BCUT2D eigenvalue weighted by Crippen LogP contribution is 2.44. The fraction of sp³-hybridized carbons (Fsp3) is 0.533. The van der Waals surface area contributed by atoms with Crippen LogP contribution < -0.4 is 4.74 Å². The fourth-order valence-electron chi connectivity index (χ4n) is 3.10. The second-order valence-corrected chi connectivity index (χ2v) is 5.26. The predicted octanol–water partition coefficient (Wildman–Crippen LogP) is 2.47. The molecule has 3 rings (SSSR count). The Balaban J connectivity index is 2.15. The molecule has 1 aliphatic carbocycles. The Hall–Kier alpha value is -1.75. The van der Waals surface area contributed by atoms with Crippen molar-refractivity contribution in [3.05, 3.63) is 35.5 Å². The van der Waals surface area contributed by atoms with Crippen LogP contribution in [-0.2, 0) is 18.6 Å². The zero-order chi connectivity index (χ0) is 14.2. The van der Waals surface area contributed by atoms with Crippen molar-refractivity contribution in [1.82, 2.24) is 9.78 Å². The second-order valence-electron chi connectivity index (χ2n) is 5.26. The van der Waals surface area contributed by atoms with Gasteiger partial charge in [-0.15, -0.1) is 0 Å². The average molecular weight is 276 g/mol. The number of fused-ring (bicyclic) bond motifs is 1. The van der Waals surface area contributed by atoms with Gasteiger partial charge in [0, 0.05) is 18.5 Å². The molecule has 0 bridgehead atoms. The third kappa shape index (κ3) is 1.85. The van der Waals surface area contributed by atoms with Gasteiger partial charge in [0.15, 0.2) is 5.75 Å². The number of aromatic nitrogens is 2. The van der Waals surface area contributed by atoms with Crippen LogP contribution in [0.25, 0.3) is 0 Å². The largest absolute Gasteiger partial charge is 0.493 e. The SMILES string of the molecule is CCCn1ncc(OC)c1C1(O)CCCc2occc21. The molecule has 2 aromatic rings. The lowest BCUT2D eigenvalue weighted by molar-refractivity contribution is 0.0470. The van der Waals surface area contributed by atoms with Gasteiger partial charge in [0.1, 0.15) is 17.1 Å². The zero-order valence-corrected chi connectivity index (χ0v) is 11.9. The Labute approximate surface area is 118 Å². The standard InChI is InChI=1S/C15H20N2O3/c1-3-8-17-14(13(19-2)10-16-17)15(18)7-4-5-12-11(15)6-9-20-12/h6,9-10,18H,3-5,7-8H2,1-2H3. The van der Waals surface area contributed by atoms with Gasteiger partial charge in [0.2, 0.25) is 0 Å². The van der Waals surface area contributed by atoms with Crippen LogP contribution in [0.1, 0.15) is 43.2 Å². The number of aliphatic hydroxyl groups is 1. The van der Waals surface area contributed by atoms with Crippen LogP contribution in [0.5, 0.6) is 5.75 Å². The lowest BCUT2D eigenvalue weighted by Crippen LogP contribution is -2.34. The summed E-state index contributed by atoms with van der Waals surface area (Å²) in [5.41, 5.74) is 0.515. The summed E-state index contributed by atoms with van der Waals surface area (Å²) in [7, 11) is 1.61. The van der Waals surface area contributed by atoms with Crippen LogP contribution in [0.2, 0.25) is 0 Å². The molecule has 1 N–H and O–H groups in total. The monoisotopic (exact) mass is 276 g/mol. The van der Waals surface area contributed by atoms with Crippen LogP contribution in [0, 0.1) is 0 Å². The lowest BCUT2D eigenvalue weighted by atomic mass is 9.80. The van der Waals surface area contributed by atoms with Crippen molar-refractivity contribution >= 4 is 0 Å². The molecule has 1 atom stereocenters. The Kier molecular flexibility index (Phi) is 3.30. The summed E-state index contributed by atoms with van der Waals surface area (Å²) in [6.45, 7) is 2.85. The Morgan fingerprint density at radius 2 is 2.40 bits per heavy atom. The van der Waals surface area contributed by atoms with E-state index >= 15 is 0 Å². The molecule has 1 unspecified atom stereocenters. The van der Waals surface area contributed by atoms with E-state index in [0.29, 0.717) is 12.2 Å². The summed E-state index contributed by atoms with van der Waals surface area (Å²) < 4.78 is 12.7. The minimum Gasteiger partial charge on any atom is -0.493 e. The third-order valence-corrected chi connectivity index (χ3v) is 3.99. The highest BCUT2D eigenvalue weighted by molar-refractivity contribution is 5.42. The Morgan fingerprint density at radius 1 is 1.55 bits per heavy atom. The molecule has 0 saturated heterocycles. The Bertz CT molecular complexity index is 602. The molecule has 0 aromatic carbocycles. The van der Waals surface area contributed by atoms with Crippen molar-refractivity contribution in [2.45, 2.75) is 44.8 Å². The first kappa shape index (κ1) is 13.2. The molecule has 0 radical (unpaired) electrons. The van der Waals surface area contributed by atoms with E-state index in [1.54, 1.807) is 19.6 Å². The topological polar surface area (TPSA) is 60.4 Å². The van der Waals surface area contributed by atoms with Crippen LogP contribution in [-0.4, -0.2) is 22.0 Å². The van der Waals surface area contributed by atoms with Gasteiger partial charge in [-0.25, -0.2) is 0 Å². The highest BCUT2D eigenvalue weighted by Gasteiger charge is 2.42. The molecule has 2 aromatic heterocycles. The van der Waals surface area contributed by atoms with E-state index in [4.69, 9.17) is 9.15 Å². The van der Waals surface area contributed by atoms with E-state index in [9.17, 15) is 5.11 Å². The summed E-state index contributed by atoms with van der Waals surface area (Å²) in [5.74, 6) is 1.50. The summed E-state index contributed by atoms with van der Waals surface area (Å²) in [5, 5.41) is 15.6. The van der Waals surface area contributed by atoms with Gasteiger partial charge in [0.25, 0.3) is 0 Å². The number of ether oxygens (including phenoxy) is 1. The van der Waals surface area contributed by atoms with Gasteiger partial charge in [-0.1, -0.05) is 6.92 Å². The van der Waals surface area contributed by atoms with Gasteiger partial charge in [-0.2, -0.15) is 5.10 Å². The van der Waals surface area contributed by atoms with Crippen molar-refractivity contribution in [2.75, 3.05) is 7.11 Å². The van der Waals surface area contributed by atoms with Crippen LogP contribution in [0.15, 0.2) is 22.9 Å². The van der Waals surface area contributed by atoms with Crippen LogP contribution >= 0.6 is 0 Å². The maximum Gasteiger partial charge on any atom is 0.163 e. The average Bonchev–Trinajstić information content (AvgIpc) is 3.06. The first-order valence-corrected chi connectivity index (χ1v) is 7.10. The quantitative estimate of drug-likeness (QED) is 0.932. The van der Waals surface area contributed by atoms with E-state index in [2.05, 4.69) is 12.0 Å². The number of rotatable bonds is 4. The van der Waals surface area contributed by atoms with E-state index in [-0.39, 0.29) is 0 Å². The molecule has 0 amide bonds. The molecule has 108 valence electrons. The minimum atomic E-state index is -1.07. The van der Waals surface area contributed by atoms with Crippen LogP contribution in [0.4, 0.5) is 0 Å². The number of hydrogen-bond acceptors (Lipinski definition) is 4.